The molecule has 0 aromatic carbocycles. The molecule has 0 fully saturated rings. The SMILES string of the molecule is CCCCCCCCc1ccc(-c2cc3sc(-c4ccc(CCCCCCCC)s4)cc3s2)s1. The lowest BCUT2D eigenvalue weighted by molar-refractivity contribution is 0.609. The van der Waals surface area contributed by atoms with Gasteiger partial charge in [0, 0.05) is 38.7 Å². The summed E-state index contributed by atoms with van der Waals surface area (Å²) < 4.78 is 2.90. The molecule has 0 radical (unpaired) electrons. The van der Waals surface area contributed by atoms with Gasteiger partial charge in [0.2, 0.25) is 0 Å². The number of hydrogen-bond acceptors (Lipinski definition) is 4. The molecule has 0 saturated heterocycles. The van der Waals surface area contributed by atoms with Crippen molar-refractivity contribution < 1.29 is 0 Å². The van der Waals surface area contributed by atoms with E-state index in [-0.39, 0.29) is 0 Å². The summed E-state index contributed by atoms with van der Waals surface area (Å²) in [4.78, 5) is 8.91. The van der Waals surface area contributed by atoms with Crippen molar-refractivity contribution >= 4 is 54.7 Å². The number of unbranched alkanes of at least 4 members (excludes halogenated alkanes) is 10. The Labute approximate surface area is 223 Å². The van der Waals surface area contributed by atoms with Gasteiger partial charge in [0.05, 0.1) is 0 Å². The molecule has 4 rings (SSSR count). The highest BCUT2D eigenvalue weighted by Gasteiger charge is 2.13. The molecule has 0 bridgehead atoms. The van der Waals surface area contributed by atoms with Crippen molar-refractivity contribution in [2.75, 3.05) is 0 Å². The molecule has 4 aromatic rings. The molecule has 0 spiro atoms. The Balaban J connectivity index is 1.29. The van der Waals surface area contributed by atoms with Gasteiger partial charge in [0.25, 0.3) is 0 Å². The van der Waals surface area contributed by atoms with Crippen molar-refractivity contribution in [3.63, 3.8) is 0 Å². The first kappa shape index (κ1) is 26.1. The Hall–Kier alpha value is -0.940. The van der Waals surface area contributed by atoms with Gasteiger partial charge in [-0.1, -0.05) is 78.1 Å². The molecular formula is C30H40S4. The summed E-state index contributed by atoms with van der Waals surface area (Å²) >= 11 is 7.96. The summed E-state index contributed by atoms with van der Waals surface area (Å²) in [6.07, 6.45) is 19.0. The monoisotopic (exact) mass is 528 g/mol. The topological polar surface area (TPSA) is 0 Å². The largest absolute Gasteiger partial charge is 0.139 e. The molecule has 0 unspecified atom stereocenters. The Kier molecular flexibility index (Phi) is 10.7. The Bertz CT molecular complexity index is 991. The smallest absolute Gasteiger partial charge is 0.0464 e. The van der Waals surface area contributed by atoms with Crippen LogP contribution in [-0.4, -0.2) is 0 Å². The highest BCUT2D eigenvalue weighted by Crippen LogP contribution is 2.44. The fourth-order valence-electron chi connectivity index (χ4n) is 4.53. The molecule has 0 saturated carbocycles. The second-order valence-electron chi connectivity index (χ2n) is 9.52. The summed E-state index contributed by atoms with van der Waals surface area (Å²) in [7, 11) is 0. The van der Waals surface area contributed by atoms with Gasteiger partial charge in [0.1, 0.15) is 0 Å². The van der Waals surface area contributed by atoms with E-state index in [1.807, 2.05) is 45.3 Å². The minimum absolute atomic E-state index is 1.25. The fraction of sp³-hybridized carbons (Fsp3) is 0.533. The van der Waals surface area contributed by atoms with E-state index in [2.05, 4.69) is 50.2 Å². The number of aryl methyl sites for hydroxylation is 2. The Morgan fingerprint density at radius 1 is 0.441 bits per heavy atom. The van der Waals surface area contributed by atoms with Crippen molar-refractivity contribution in [2.24, 2.45) is 0 Å². The van der Waals surface area contributed by atoms with Crippen LogP contribution in [0.15, 0.2) is 36.4 Å². The quantitative estimate of drug-likeness (QED) is 0.127. The summed E-state index contributed by atoms with van der Waals surface area (Å²) in [5.74, 6) is 0. The first-order valence-corrected chi connectivity index (χ1v) is 16.7. The first-order valence-electron chi connectivity index (χ1n) is 13.5. The normalized spacial score (nSPS) is 11.7. The third kappa shape index (κ3) is 7.53. The van der Waals surface area contributed by atoms with E-state index in [1.54, 1.807) is 9.75 Å². The van der Waals surface area contributed by atoms with E-state index in [0.29, 0.717) is 0 Å². The van der Waals surface area contributed by atoms with Crippen molar-refractivity contribution in [3.05, 3.63) is 46.2 Å². The van der Waals surface area contributed by atoms with Gasteiger partial charge in [-0.2, -0.15) is 0 Å². The van der Waals surface area contributed by atoms with Gasteiger partial charge in [-0.3, -0.25) is 0 Å². The van der Waals surface area contributed by atoms with Crippen LogP contribution in [-0.2, 0) is 12.8 Å². The van der Waals surface area contributed by atoms with Gasteiger partial charge in [-0.05, 0) is 62.1 Å². The minimum atomic E-state index is 1.25. The summed E-state index contributed by atoms with van der Waals surface area (Å²) in [6, 6.07) is 14.3. The van der Waals surface area contributed by atoms with Crippen LogP contribution in [0.5, 0.6) is 0 Å². The molecule has 0 amide bonds. The van der Waals surface area contributed by atoms with Crippen LogP contribution in [0, 0.1) is 0 Å². The molecule has 184 valence electrons. The highest BCUT2D eigenvalue weighted by molar-refractivity contribution is 7.33. The number of fused-ring (bicyclic) bond motifs is 1. The maximum absolute atomic E-state index is 2.43. The van der Waals surface area contributed by atoms with Crippen molar-refractivity contribution in [1.29, 1.82) is 0 Å². The zero-order valence-electron chi connectivity index (χ0n) is 21.0. The average molecular weight is 529 g/mol. The van der Waals surface area contributed by atoms with Crippen molar-refractivity contribution in [3.8, 4) is 19.5 Å². The molecular weight excluding hydrogens is 489 g/mol. The molecule has 4 heterocycles. The van der Waals surface area contributed by atoms with Crippen LogP contribution < -0.4 is 0 Å². The van der Waals surface area contributed by atoms with Crippen LogP contribution >= 0.6 is 45.3 Å². The van der Waals surface area contributed by atoms with Crippen LogP contribution in [0.25, 0.3) is 28.9 Å². The van der Waals surface area contributed by atoms with Gasteiger partial charge >= 0.3 is 0 Å². The van der Waals surface area contributed by atoms with Crippen LogP contribution in [0.4, 0.5) is 0 Å². The maximum Gasteiger partial charge on any atom is 0.0464 e. The third-order valence-corrected chi connectivity index (χ3v) is 11.5. The molecule has 0 aliphatic rings. The van der Waals surface area contributed by atoms with E-state index in [4.69, 9.17) is 0 Å². The predicted molar refractivity (Wildman–Crippen MR) is 160 cm³/mol. The first-order chi connectivity index (χ1) is 16.8. The number of rotatable bonds is 16. The third-order valence-electron chi connectivity index (χ3n) is 6.57. The van der Waals surface area contributed by atoms with Gasteiger partial charge < -0.3 is 0 Å². The lowest BCUT2D eigenvalue weighted by atomic mass is 10.1. The average Bonchev–Trinajstić information content (AvgIpc) is 3.61. The molecule has 0 aliphatic carbocycles. The Morgan fingerprint density at radius 3 is 1.29 bits per heavy atom. The fourth-order valence-corrected chi connectivity index (χ4v) is 9.18. The molecule has 0 aliphatic heterocycles. The van der Waals surface area contributed by atoms with Crippen LogP contribution in [0.2, 0.25) is 0 Å². The molecule has 34 heavy (non-hydrogen) atoms. The second kappa shape index (κ2) is 14.0. The van der Waals surface area contributed by atoms with Crippen LogP contribution in [0.3, 0.4) is 0 Å². The van der Waals surface area contributed by atoms with E-state index in [1.165, 1.54) is 119 Å². The number of hydrogen-bond donors (Lipinski definition) is 0. The highest BCUT2D eigenvalue weighted by atomic mass is 32.1. The lowest BCUT2D eigenvalue weighted by Gasteiger charge is -1.99. The van der Waals surface area contributed by atoms with Gasteiger partial charge in [-0.15, -0.1) is 45.3 Å². The van der Waals surface area contributed by atoms with Crippen LogP contribution in [0.1, 0.15) is 101 Å². The van der Waals surface area contributed by atoms with Gasteiger partial charge in [-0.25, -0.2) is 0 Å². The summed E-state index contributed by atoms with van der Waals surface area (Å²) in [6.45, 7) is 4.58. The summed E-state index contributed by atoms with van der Waals surface area (Å²) in [5.41, 5.74) is 0. The van der Waals surface area contributed by atoms with E-state index in [9.17, 15) is 0 Å². The van der Waals surface area contributed by atoms with E-state index in [0.717, 1.165) is 0 Å². The van der Waals surface area contributed by atoms with Gasteiger partial charge in [0.15, 0.2) is 0 Å². The van der Waals surface area contributed by atoms with E-state index < -0.39 is 0 Å². The molecule has 0 nitrogen and oxygen atoms in total. The molecule has 4 aromatic heterocycles. The maximum atomic E-state index is 2.43. The van der Waals surface area contributed by atoms with E-state index >= 15 is 0 Å². The predicted octanol–water partition coefficient (Wildman–Crippen LogP) is 12.2. The molecule has 4 heteroatoms. The minimum Gasteiger partial charge on any atom is -0.139 e. The summed E-state index contributed by atoms with van der Waals surface area (Å²) in [5, 5.41) is 0. The zero-order chi connectivity index (χ0) is 23.6. The zero-order valence-corrected chi connectivity index (χ0v) is 24.3. The Morgan fingerprint density at radius 2 is 0.853 bits per heavy atom. The van der Waals surface area contributed by atoms with Crippen molar-refractivity contribution in [2.45, 2.75) is 104 Å². The second-order valence-corrected chi connectivity index (χ2v) is 14.0. The molecule has 0 N–H and O–H groups in total. The van der Waals surface area contributed by atoms with Crippen molar-refractivity contribution in [1.82, 2.24) is 0 Å². The molecule has 0 atom stereocenters. The number of thiophene rings is 4. The standard InChI is InChI=1S/C30H40S4/c1-3-5-7-9-11-13-15-23-17-19-25(31-23)27-21-29-30(33-27)22-28(34-29)26-20-18-24(32-26)16-14-12-10-8-6-4-2/h17-22H,3-16H2,1-2H3. The lowest BCUT2D eigenvalue weighted by Crippen LogP contribution is -1.82.